The number of carbonyl (C=O) groups excluding carboxylic acids is 4. The number of nitrogens with zero attached hydrogens (tertiary/aromatic N) is 4. The third-order valence-corrected chi connectivity index (χ3v) is 16.0. The van der Waals surface area contributed by atoms with E-state index in [1.54, 1.807) is 14.2 Å². The molecule has 0 radical (unpaired) electrons. The average molecular weight is 1040 g/mol. The molecule has 2 spiro atoms. The zero-order valence-corrected chi connectivity index (χ0v) is 44.8. The smallest absolute Gasteiger partial charge is 0.271 e. The lowest BCUT2D eigenvalue weighted by Gasteiger charge is -2.45. The van der Waals surface area contributed by atoms with Gasteiger partial charge < -0.3 is 48.0 Å². The molecule has 6 aliphatic rings. The minimum atomic E-state index is -0.899. The van der Waals surface area contributed by atoms with Crippen LogP contribution in [0.25, 0.3) is 0 Å². The van der Waals surface area contributed by atoms with Crippen molar-refractivity contribution in [3.05, 3.63) is 45.4 Å². The van der Waals surface area contributed by atoms with Gasteiger partial charge in [0.15, 0.2) is 11.2 Å². The third kappa shape index (κ3) is 12.0. The molecular weight excluding hydrogens is 957 g/mol. The van der Waals surface area contributed by atoms with Crippen molar-refractivity contribution in [1.29, 1.82) is 0 Å². The molecule has 0 unspecified atom stereocenters. The Kier molecular flexibility index (Phi) is 19.1. The van der Waals surface area contributed by atoms with E-state index in [0.29, 0.717) is 117 Å². The van der Waals surface area contributed by atoms with Gasteiger partial charge in [0, 0.05) is 100 Å². The molecule has 2 aromatic rings. The van der Waals surface area contributed by atoms with Gasteiger partial charge in [-0.2, -0.15) is 0 Å². The normalized spacial score (nSPS) is 20.1. The number of fused-ring (bicyclic) bond motifs is 2. The summed E-state index contributed by atoms with van der Waals surface area (Å²) in [7, 11) is 3.38. The van der Waals surface area contributed by atoms with E-state index in [1.807, 2.05) is 45.9 Å². The molecule has 2 aliphatic carbocycles. The highest BCUT2D eigenvalue weighted by Gasteiger charge is 2.51. The summed E-state index contributed by atoms with van der Waals surface area (Å²) >= 11 is 3.67. The van der Waals surface area contributed by atoms with E-state index in [9.17, 15) is 19.2 Å². The Morgan fingerprint density at radius 1 is 0.629 bits per heavy atom. The van der Waals surface area contributed by atoms with Crippen LogP contribution in [0.2, 0.25) is 0 Å². The van der Waals surface area contributed by atoms with Crippen LogP contribution >= 0.6 is 15.9 Å². The number of amides is 4. The lowest BCUT2D eigenvalue weighted by atomic mass is 9.89. The number of methoxy groups -OCH3 is 2. The number of halogens is 1. The van der Waals surface area contributed by atoms with Crippen molar-refractivity contribution in [3.63, 3.8) is 0 Å². The number of ether oxygens (including phenoxy) is 6. The fourth-order valence-corrected chi connectivity index (χ4v) is 12.1. The molecule has 2 saturated heterocycles. The molecule has 70 heavy (non-hydrogen) atoms. The number of anilines is 2. The first-order chi connectivity index (χ1) is 33.8. The standard InChI is InChI=1S/C28H42N2O5.C27H39BrN2O5/c1-20(2)30(22-10-6-5-7-11-22)26(31)23-19-24-25(18-21(23)3)35-28(12-16-34-17-13-28)27(32)29(24)14-8-9-15-33-4;1-19(2)30(20-9-5-4-6-10-20)25(31)21-17-23-24(18-22(21)28)35-27(11-15-34-16-12-27)26(32)29(23)13-7-8-14-33-3/h18-20,22H,5-17H2,1-4H3;17-20H,4-16H2,1-3H3. The van der Waals surface area contributed by atoms with Crippen LogP contribution in [0.1, 0.15) is 170 Å². The Morgan fingerprint density at radius 2 is 1.03 bits per heavy atom. The predicted octanol–water partition coefficient (Wildman–Crippen LogP) is 10.2. The molecule has 14 nitrogen and oxygen atoms in total. The Labute approximate surface area is 425 Å². The number of aryl methyl sites for hydroxylation is 1. The summed E-state index contributed by atoms with van der Waals surface area (Å²) in [4.78, 5) is 63.2. The fraction of sp³-hybridized carbons (Fsp3) is 0.709. The van der Waals surface area contributed by atoms with Crippen LogP contribution in [0.15, 0.2) is 28.7 Å². The van der Waals surface area contributed by atoms with Gasteiger partial charge in [0.05, 0.1) is 43.4 Å². The monoisotopic (exact) mass is 1040 g/mol. The molecule has 2 aromatic carbocycles. The van der Waals surface area contributed by atoms with Crippen LogP contribution in [0.4, 0.5) is 11.4 Å². The summed E-state index contributed by atoms with van der Waals surface area (Å²) in [6, 6.07) is 8.37. The van der Waals surface area contributed by atoms with Crippen molar-refractivity contribution in [2.45, 2.75) is 186 Å². The molecule has 4 heterocycles. The first kappa shape index (κ1) is 54.0. The van der Waals surface area contributed by atoms with Crippen LogP contribution in [0.3, 0.4) is 0 Å². The van der Waals surface area contributed by atoms with Gasteiger partial charge in [0.1, 0.15) is 11.5 Å². The summed E-state index contributed by atoms with van der Waals surface area (Å²) in [5.74, 6) is 1.38. The van der Waals surface area contributed by atoms with Crippen molar-refractivity contribution in [3.8, 4) is 11.5 Å². The van der Waals surface area contributed by atoms with Gasteiger partial charge in [-0.15, -0.1) is 0 Å². The van der Waals surface area contributed by atoms with E-state index < -0.39 is 11.2 Å². The van der Waals surface area contributed by atoms with Crippen LogP contribution < -0.4 is 19.3 Å². The average Bonchev–Trinajstić information content (AvgIpc) is 3.35. The summed E-state index contributed by atoms with van der Waals surface area (Å²) < 4.78 is 35.1. The van der Waals surface area contributed by atoms with Crippen molar-refractivity contribution in [2.75, 3.05) is 76.8 Å². The van der Waals surface area contributed by atoms with Gasteiger partial charge in [-0.1, -0.05) is 38.5 Å². The van der Waals surface area contributed by atoms with Gasteiger partial charge in [-0.05, 0) is 132 Å². The molecule has 15 heteroatoms. The van der Waals surface area contributed by atoms with Crippen LogP contribution in [-0.2, 0) is 28.5 Å². The van der Waals surface area contributed by atoms with Gasteiger partial charge in [0.2, 0.25) is 0 Å². The van der Waals surface area contributed by atoms with E-state index in [-0.39, 0.29) is 47.8 Å². The highest BCUT2D eigenvalue weighted by atomic mass is 79.9. The molecule has 0 atom stereocenters. The molecule has 2 saturated carbocycles. The second-order valence-electron chi connectivity index (χ2n) is 20.9. The number of hydrogen-bond donors (Lipinski definition) is 0. The molecular formula is C55H81BrN4O10. The number of rotatable bonds is 16. The number of carbonyl (C=O) groups is 4. The molecule has 0 bridgehead atoms. The van der Waals surface area contributed by atoms with Gasteiger partial charge in [-0.3, -0.25) is 19.2 Å². The Hall–Kier alpha value is -3.76. The van der Waals surface area contributed by atoms with E-state index in [1.165, 1.54) is 25.7 Å². The number of hydrogen-bond acceptors (Lipinski definition) is 10. The molecule has 0 aromatic heterocycles. The zero-order valence-electron chi connectivity index (χ0n) is 43.3. The Morgan fingerprint density at radius 3 is 1.44 bits per heavy atom. The molecule has 4 amide bonds. The largest absolute Gasteiger partial charge is 0.475 e. The van der Waals surface area contributed by atoms with Crippen LogP contribution in [0, 0.1) is 6.92 Å². The number of unbranched alkanes of at least 4 members (excludes halogenated alkanes) is 2. The minimum absolute atomic E-state index is 0.0130. The van der Waals surface area contributed by atoms with E-state index in [4.69, 9.17) is 28.4 Å². The SMILES string of the molecule is COCCCCN1C(=O)C2(CCOCC2)Oc2cc(Br)c(C(=O)N(C(C)C)C3CCCCC3)cc21.COCCCCN1C(=O)C2(CCOCC2)Oc2cc(C)c(C(=O)N(C(C)C)C3CCCCC3)cc21. The highest BCUT2D eigenvalue weighted by molar-refractivity contribution is 9.10. The number of benzene rings is 2. The lowest BCUT2D eigenvalue weighted by molar-refractivity contribution is -0.144. The van der Waals surface area contributed by atoms with Crippen LogP contribution in [-0.4, -0.2) is 136 Å². The molecule has 388 valence electrons. The molecule has 4 fully saturated rings. The van der Waals surface area contributed by atoms with Crippen molar-refractivity contribution in [1.82, 2.24) is 9.80 Å². The first-order valence-corrected chi connectivity index (χ1v) is 27.3. The minimum Gasteiger partial charge on any atom is -0.475 e. The van der Waals surface area contributed by atoms with Crippen molar-refractivity contribution in [2.24, 2.45) is 0 Å². The fourth-order valence-electron chi connectivity index (χ4n) is 11.6. The lowest BCUT2D eigenvalue weighted by Crippen LogP contribution is -2.58. The van der Waals surface area contributed by atoms with Crippen LogP contribution in [0.5, 0.6) is 11.5 Å². The molecule has 8 rings (SSSR count). The second kappa shape index (κ2) is 24.8. The summed E-state index contributed by atoms with van der Waals surface area (Å²) in [5, 5.41) is 0. The topological polar surface area (TPSA) is 137 Å². The maximum Gasteiger partial charge on any atom is 0.271 e. The quantitative estimate of drug-likeness (QED) is 0.150. The van der Waals surface area contributed by atoms with E-state index in [2.05, 4.69) is 48.5 Å². The maximum atomic E-state index is 13.9. The summed E-state index contributed by atoms with van der Waals surface area (Å²) in [5.41, 5.74) is 1.77. The molecule has 0 N–H and O–H groups in total. The van der Waals surface area contributed by atoms with Gasteiger partial charge in [0.25, 0.3) is 23.6 Å². The van der Waals surface area contributed by atoms with Crippen molar-refractivity contribution >= 4 is 50.9 Å². The Bertz CT molecular complexity index is 1960. The van der Waals surface area contributed by atoms with E-state index >= 15 is 0 Å². The Balaban J connectivity index is 0.000000206. The predicted molar refractivity (Wildman–Crippen MR) is 275 cm³/mol. The summed E-state index contributed by atoms with van der Waals surface area (Å²) in [6.07, 6.45) is 16.9. The maximum absolute atomic E-state index is 13.9. The van der Waals surface area contributed by atoms with Gasteiger partial charge in [-0.25, -0.2) is 0 Å². The second-order valence-corrected chi connectivity index (χ2v) is 21.7. The van der Waals surface area contributed by atoms with Gasteiger partial charge >= 0.3 is 0 Å². The van der Waals surface area contributed by atoms with E-state index in [0.717, 1.165) is 69.8 Å². The van der Waals surface area contributed by atoms with Crippen molar-refractivity contribution < 1.29 is 47.6 Å². The third-order valence-electron chi connectivity index (χ3n) is 15.4. The molecule has 4 aliphatic heterocycles. The summed E-state index contributed by atoms with van der Waals surface area (Å²) in [6.45, 7) is 14.8. The first-order valence-electron chi connectivity index (χ1n) is 26.5. The zero-order chi connectivity index (χ0) is 50.0. The highest BCUT2D eigenvalue weighted by Crippen LogP contribution is 2.46.